The lowest BCUT2D eigenvalue weighted by atomic mass is 10.0. The van der Waals surface area contributed by atoms with E-state index in [1.54, 1.807) is 47.4 Å². The van der Waals surface area contributed by atoms with Gasteiger partial charge in [-0.05, 0) is 29.9 Å². The molecule has 0 N–H and O–H groups in total. The Kier molecular flexibility index (Phi) is 6.70. The van der Waals surface area contributed by atoms with Crippen LogP contribution in [0, 0.1) is 0 Å². The Morgan fingerprint density at radius 2 is 1.56 bits per heavy atom. The quantitative estimate of drug-likeness (QED) is 0.551. The lowest BCUT2D eigenvalue weighted by Gasteiger charge is -2.22. The highest BCUT2D eigenvalue weighted by Gasteiger charge is 2.41. The summed E-state index contributed by atoms with van der Waals surface area (Å²) in [5.41, 5.74) is 0.570. The number of carbonyl (C=O) groups excluding carboxylic acids is 1. The van der Waals surface area contributed by atoms with E-state index in [2.05, 4.69) is 12.6 Å². The summed E-state index contributed by atoms with van der Waals surface area (Å²) < 4.78 is 39.2. The number of anilines is 1. The monoisotopic (exact) mass is 365 g/mol. The van der Waals surface area contributed by atoms with Crippen molar-refractivity contribution in [2.75, 3.05) is 17.2 Å². The van der Waals surface area contributed by atoms with Gasteiger partial charge in [-0.3, -0.25) is 4.79 Å². The molecule has 2 aromatic carbocycles. The first kappa shape index (κ1) is 19.1. The van der Waals surface area contributed by atoms with E-state index in [0.717, 1.165) is 0 Å². The predicted octanol–water partition coefficient (Wildman–Crippen LogP) is 4.99. The molecule has 0 aliphatic heterocycles. The van der Waals surface area contributed by atoms with Crippen molar-refractivity contribution in [1.29, 1.82) is 0 Å². The number of thiol groups is 1. The molecule has 0 fully saturated rings. The molecule has 132 valence electrons. The third kappa shape index (κ3) is 5.39. The van der Waals surface area contributed by atoms with Crippen molar-refractivity contribution in [3.8, 4) is 0 Å². The molecule has 0 aromatic heterocycles. The van der Waals surface area contributed by atoms with Crippen LogP contribution in [0.2, 0.25) is 0 Å². The van der Waals surface area contributed by atoms with Crippen molar-refractivity contribution in [2.45, 2.75) is 12.6 Å². The van der Waals surface area contributed by atoms with E-state index in [1.807, 2.05) is 6.07 Å². The molecule has 0 saturated heterocycles. The Morgan fingerprint density at radius 1 is 1.00 bits per heavy atom. The summed E-state index contributed by atoms with van der Waals surface area (Å²) in [5, 5.41) is 0. The van der Waals surface area contributed by atoms with Gasteiger partial charge in [-0.1, -0.05) is 48.5 Å². The van der Waals surface area contributed by atoms with E-state index in [0.29, 0.717) is 24.4 Å². The van der Waals surface area contributed by atoms with Crippen molar-refractivity contribution < 1.29 is 18.0 Å². The normalized spacial score (nSPS) is 12.1. The van der Waals surface area contributed by atoms with E-state index in [1.165, 1.54) is 18.3 Å². The van der Waals surface area contributed by atoms with Gasteiger partial charge in [0.1, 0.15) is 0 Å². The molecule has 0 amide bonds. The van der Waals surface area contributed by atoms with Gasteiger partial charge in [0.15, 0.2) is 0 Å². The standard InChI is InChI=1S/C19H18F3NOS/c20-19(21,22)18(24)17(15-8-3-1-4-9-15)14-23(12-7-13-25)16-10-5-2-6-11-16/h1-6,8-11,14,25H,7,12-13H2/b17-14-. The van der Waals surface area contributed by atoms with Crippen LogP contribution in [0.3, 0.4) is 0 Å². The lowest BCUT2D eigenvalue weighted by molar-refractivity contribution is -0.164. The fraction of sp³-hybridized carbons (Fsp3) is 0.211. The number of benzene rings is 2. The number of halogens is 3. The average Bonchev–Trinajstić information content (AvgIpc) is 2.62. The molecule has 0 bridgehead atoms. The maximum absolute atomic E-state index is 13.1. The highest BCUT2D eigenvalue weighted by molar-refractivity contribution is 7.80. The molecule has 25 heavy (non-hydrogen) atoms. The second-order valence-electron chi connectivity index (χ2n) is 5.34. The minimum Gasteiger partial charge on any atom is -0.347 e. The average molecular weight is 365 g/mol. The van der Waals surface area contributed by atoms with Crippen molar-refractivity contribution in [3.05, 3.63) is 72.4 Å². The van der Waals surface area contributed by atoms with Crippen LogP contribution in [0.15, 0.2) is 66.9 Å². The van der Waals surface area contributed by atoms with Gasteiger partial charge in [0.2, 0.25) is 0 Å². The minimum absolute atomic E-state index is 0.233. The smallest absolute Gasteiger partial charge is 0.347 e. The van der Waals surface area contributed by atoms with E-state index in [9.17, 15) is 18.0 Å². The molecule has 0 unspecified atom stereocenters. The first-order valence-electron chi connectivity index (χ1n) is 7.75. The third-order valence-electron chi connectivity index (χ3n) is 3.52. The van der Waals surface area contributed by atoms with Crippen LogP contribution in [0.25, 0.3) is 5.57 Å². The maximum atomic E-state index is 13.1. The van der Waals surface area contributed by atoms with Gasteiger partial charge < -0.3 is 4.90 Å². The molecule has 0 atom stereocenters. The van der Waals surface area contributed by atoms with E-state index < -0.39 is 12.0 Å². The van der Waals surface area contributed by atoms with Crippen LogP contribution >= 0.6 is 12.6 Å². The van der Waals surface area contributed by atoms with E-state index >= 15 is 0 Å². The van der Waals surface area contributed by atoms with Crippen LogP contribution < -0.4 is 4.90 Å². The second kappa shape index (κ2) is 8.76. The number of carbonyl (C=O) groups is 1. The first-order valence-corrected chi connectivity index (χ1v) is 8.38. The van der Waals surface area contributed by atoms with Gasteiger partial charge >= 0.3 is 6.18 Å². The molecule has 0 radical (unpaired) electrons. The molecule has 0 aliphatic rings. The third-order valence-corrected chi connectivity index (χ3v) is 3.83. The number of rotatable bonds is 7. The summed E-state index contributed by atoms with van der Waals surface area (Å²) in [6.45, 7) is 0.453. The zero-order valence-corrected chi connectivity index (χ0v) is 14.3. The highest BCUT2D eigenvalue weighted by atomic mass is 32.1. The zero-order valence-electron chi connectivity index (χ0n) is 13.4. The molecular formula is C19H18F3NOS. The van der Waals surface area contributed by atoms with Crippen molar-refractivity contribution >= 4 is 29.7 Å². The van der Waals surface area contributed by atoms with Crippen LogP contribution in [0.1, 0.15) is 12.0 Å². The highest BCUT2D eigenvalue weighted by Crippen LogP contribution is 2.28. The van der Waals surface area contributed by atoms with Gasteiger partial charge in [-0.2, -0.15) is 25.8 Å². The zero-order chi connectivity index (χ0) is 18.3. The SMILES string of the molecule is O=C(/C(=C\N(CCCS)c1ccccc1)c1ccccc1)C(F)(F)F. The molecule has 0 aliphatic carbocycles. The second-order valence-corrected chi connectivity index (χ2v) is 5.79. The number of allylic oxidation sites excluding steroid dienone is 1. The summed E-state index contributed by atoms with van der Waals surface area (Å²) >= 11 is 4.16. The number of ketones is 1. The summed E-state index contributed by atoms with van der Waals surface area (Å²) in [7, 11) is 0. The van der Waals surface area contributed by atoms with Gasteiger partial charge in [-0.25, -0.2) is 0 Å². The number of para-hydroxylation sites is 1. The van der Waals surface area contributed by atoms with Crippen LogP contribution in [0.4, 0.5) is 18.9 Å². The molecule has 6 heteroatoms. The van der Waals surface area contributed by atoms with Crippen LogP contribution in [0.5, 0.6) is 0 Å². The summed E-state index contributed by atoms with van der Waals surface area (Å²) in [5.74, 6) is -1.27. The fourth-order valence-corrected chi connectivity index (χ4v) is 2.46. The number of nitrogens with zero attached hydrogens (tertiary/aromatic N) is 1. The topological polar surface area (TPSA) is 20.3 Å². The molecule has 2 aromatic rings. The van der Waals surface area contributed by atoms with Crippen LogP contribution in [-0.2, 0) is 4.79 Å². The molecule has 0 heterocycles. The van der Waals surface area contributed by atoms with E-state index in [4.69, 9.17) is 0 Å². The van der Waals surface area contributed by atoms with Gasteiger partial charge in [0.05, 0.1) is 5.57 Å². The Labute approximate surface area is 150 Å². The fourth-order valence-electron chi connectivity index (χ4n) is 2.32. The number of Topliss-reactive ketones (excluding diaryl/α,β-unsaturated/α-hetero) is 1. The van der Waals surface area contributed by atoms with Gasteiger partial charge in [0, 0.05) is 18.4 Å². The van der Waals surface area contributed by atoms with E-state index in [-0.39, 0.29) is 11.1 Å². The number of hydrogen-bond donors (Lipinski definition) is 1. The Bertz CT molecular complexity index is 714. The molecule has 2 rings (SSSR count). The van der Waals surface area contributed by atoms with Gasteiger partial charge in [-0.15, -0.1) is 0 Å². The number of alkyl halides is 3. The maximum Gasteiger partial charge on any atom is 0.454 e. The largest absolute Gasteiger partial charge is 0.454 e. The lowest BCUT2D eigenvalue weighted by Crippen LogP contribution is -2.27. The predicted molar refractivity (Wildman–Crippen MR) is 97.7 cm³/mol. The van der Waals surface area contributed by atoms with Gasteiger partial charge in [0.25, 0.3) is 5.78 Å². The molecular weight excluding hydrogens is 347 g/mol. The molecule has 0 saturated carbocycles. The van der Waals surface area contributed by atoms with Crippen molar-refractivity contribution in [3.63, 3.8) is 0 Å². The summed E-state index contributed by atoms with van der Waals surface area (Å²) in [6, 6.07) is 16.9. The Morgan fingerprint density at radius 3 is 2.08 bits per heavy atom. The van der Waals surface area contributed by atoms with Crippen molar-refractivity contribution in [1.82, 2.24) is 0 Å². The first-order chi connectivity index (χ1) is 11.9. The minimum atomic E-state index is -4.94. The van der Waals surface area contributed by atoms with Crippen LogP contribution in [-0.4, -0.2) is 24.3 Å². The van der Waals surface area contributed by atoms with Crippen molar-refractivity contribution in [2.24, 2.45) is 0 Å². The number of hydrogen-bond acceptors (Lipinski definition) is 3. The summed E-state index contributed by atoms with van der Waals surface area (Å²) in [4.78, 5) is 13.6. The Balaban J connectivity index is 2.50. The summed E-state index contributed by atoms with van der Waals surface area (Å²) in [6.07, 6.45) is -2.99. The molecule has 2 nitrogen and oxygen atoms in total. The molecule has 0 spiro atoms. The Hall–Kier alpha value is -2.21.